The molecule has 0 radical (unpaired) electrons. The quantitative estimate of drug-likeness (QED) is 0.776. The molecule has 0 amide bonds. The number of carbonyl (C=O) groups excluding carboxylic acids is 1. The van der Waals surface area contributed by atoms with Crippen LogP contribution < -0.4 is 10.2 Å². The van der Waals surface area contributed by atoms with Crippen molar-refractivity contribution in [3.05, 3.63) is 29.8 Å². The van der Waals surface area contributed by atoms with Crippen LogP contribution in [0.4, 0.5) is 5.69 Å². The van der Waals surface area contributed by atoms with E-state index < -0.39 is 0 Å². The van der Waals surface area contributed by atoms with E-state index in [0.29, 0.717) is 6.42 Å². The van der Waals surface area contributed by atoms with Gasteiger partial charge in [0.2, 0.25) is 0 Å². The first-order valence-corrected chi connectivity index (χ1v) is 6.07. The van der Waals surface area contributed by atoms with E-state index in [1.165, 1.54) is 18.4 Å². The third-order valence-electron chi connectivity index (χ3n) is 2.98. The number of methoxy groups -OCH3 is 1. The van der Waals surface area contributed by atoms with E-state index in [2.05, 4.69) is 39.2 Å². The number of nitrogens with one attached hydrogen (secondary N) is 1. The van der Waals surface area contributed by atoms with Crippen LogP contribution in [0.15, 0.2) is 24.3 Å². The molecule has 1 atom stereocenters. The van der Waals surface area contributed by atoms with E-state index in [-0.39, 0.29) is 12.0 Å². The summed E-state index contributed by atoms with van der Waals surface area (Å²) < 4.78 is 4.69. The van der Waals surface area contributed by atoms with Crippen LogP contribution in [0.3, 0.4) is 0 Å². The summed E-state index contributed by atoms with van der Waals surface area (Å²) in [4.78, 5) is 13.3. The van der Waals surface area contributed by atoms with E-state index in [1.54, 1.807) is 0 Å². The van der Waals surface area contributed by atoms with Crippen molar-refractivity contribution in [2.75, 3.05) is 33.2 Å². The SMILES string of the molecule is CNC(CC(=O)OC)Cc1ccc(N(C)C)cc1. The lowest BCUT2D eigenvalue weighted by atomic mass is 10.0. The van der Waals surface area contributed by atoms with Gasteiger partial charge in [-0.25, -0.2) is 0 Å². The Morgan fingerprint density at radius 1 is 1.33 bits per heavy atom. The van der Waals surface area contributed by atoms with Crippen LogP contribution in [0.25, 0.3) is 0 Å². The Labute approximate surface area is 109 Å². The average molecular weight is 250 g/mol. The molecule has 1 N–H and O–H groups in total. The van der Waals surface area contributed by atoms with Gasteiger partial charge in [-0.2, -0.15) is 0 Å². The molecule has 0 spiro atoms. The summed E-state index contributed by atoms with van der Waals surface area (Å²) in [6.07, 6.45) is 1.21. The van der Waals surface area contributed by atoms with Crippen molar-refractivity contribution in [1.82, 2.24) is 5.32 Å². The van der Waals surface area contributed by atoms with Gasteiger partial charge < -0.3 is 15.0 Å². The van der Waals surface area contributed by atoms with Crippen LogP contribution in [-0.4, -0.2) is 40.3 Å². The van der Waals surface area contributed by atoms with Crippen LogP contribution in [0.1, 0.15) is 12.0 Å². The summed E-state index contributed by atoms with van der Waals surface area (Å²) in [5.74, 6) is -0.181. The topological polar surface area (TPSA) is 41.6 Å². The second-order valence-corrected chi connectivity index (χ2v) is 4.53. The van der Waals surface area contributed by atoms with Crippen LogP contribution in [-0.2, 0) is 16.0 Å². The molecule has 0 bridgehead atoms. The molecule has 4 nitrogen and oxygen atoms in total. The van der Waals surface area contributed by atoms with E-state index in [9.17, 15) is 4.79 Å². The lowest BCUT2D eigenvalue weighted by Crippen LogP contribution is -2.30. The highest BCUT2D eigenvalue weighted by atomic mass is 16.5. The van der Waals surface area contributed by atoms with Crippen molar-refractivity contribution in [3.63, 3.8) is 0 Å². The number of ether oxygens (including phenoxy) is 1. The van der Waals surface area contributed by atoms with E-state index in [0.717, 1.165) is 6.42 Å². The predicted molar refractivity (Wildman–Crippen MR) is 74.0 cm³/mol. The summed E-state index contributed by atoms with van der Waals surface area (Å²) in [5.41, 5.74) is 2.39. The van der Waals surface area contributed by atoms with Crippen molar-refractivity contribution >= 4 is 11.7 Å². The Kier molecular flexibility index (Phi) is 5.65. The van der Waals surface area contributed by atoms with Gasteiger partial charge in [0.1, 0.15) is 0 Å². The number of esters is 1. The monoisotopic (exact) mass is 250 g/mol. The summed E-state index contributed by atoms with van der Waals surface area (Å²) >= 11 is 0. The highest BCUT2D eigenvalue weighted by molar-refractivity contribution is 5.70. The fourth-order valence-electron chi connectivity index (χ4n) is 1.78. The second kappa shape index (κ2) is 7.01. The maximum Gasteiger partial charge on any atom is 0.307 e. The molecule has 18 heavy (non-hydrogen) atoms. The van der Waals surface area contributed by atoms with Gasteiger partial charge in [-0.05, 0) is 31.2 Å². The molecular formula is C14H22N2O2. The first-order chi connectivity index (χ1) is 8.56. The Bertz CT molecular complexity index is 374. The molecule has 0 saturated heterocycles. The normalized spacial score (nSPS) is 12.0. The zero-order valence-electron chi connectivity index (χ0n) is 11.6. The molecule has 0 saturated carbocycles. The lowest BCUT2D eigenvalue weighted by Gasteiger charge is -2.16. The van der Waals surface area contributed by atoms with Gasteiger partial charge in [0.25, 0.3) is 0 Å². The number of anilines is 1. The Morgan fingerprint density at radius 2 is 1.94 bits per heavy atom. The molecule has 1 aromatic rings. The van der Waals surface area contributed by atoms with Crippen LogP contribution >= 0.6 is 0 Å². The van der Waals surface area contributed by atoms with E-state index in [4.69, 9.17) is 0 Å². The first-order valence-electron chi connectivity index (χ1n) is 6.07. The molecule has 0 heterocycles. The minimum absolute atomic E-state index is 0.114. The summed E-state index contributed by atoms with van der Waals surface area (Å²) in [5, 5.41) is 3.14. The Balaban J connectivity index is 2.61. The lowest BCUT2D eigenvalue weighted by molar-refractivity contribution is -0.141. The van der Waals surface area contributed by atoms with Gasteiger partial charge in [-0.3, -0.25) is 4.79 Å². The highest BCUT2D eigenvalue weighted by Gasteiger charge is 2.12. The summed E-state index contributed by atoms with van der Waals surface area (Å²) in [6.45, 7) is 0. The number of hydrogen-bond acceptors (Lipinski definition) is 4. The van der Waals surface area contributed by atoms with Crippen molar-refractivity contribution in [2.24, 2.45) is 0 Å². The smallest absolute Gasteiger partial charge is 0.307 e. The van der Waals surface area contributed by atoms with Crippen LogP contribution in [0.5, 0.6) is 0 Å². The average Bonchev–Trinajstić information content (AvgIpc) is 2.38. The van der Waals surface area contributed by atoms with E-state index >= 15 is 0 Å². The van der Waals surface area contributed by atoms with Crippen LogP contribution in [0.2, 0.25) is 0 Å². The van der Waals surface area contributed by atoms with Crippen molar-refractivity contribution in [1.29, 1.82) is 0 Å². The number of benzene rings is 1. The van der Waals surface area contributed by atoms with Crippen molar-refractivity contribution < 1.29 is 9.53 Å². The van der Waals surface area contributed by atoms with Gasteiger partial charge in [0.15, 0.2) is 0 Å². The zero-order chi connectivity index (χ0) is 13.5. The maximum absolute atomic E-state index is 11.2. The van der Waals surface area contributed by atoms with Crippen LogP contribution in [0, 0.1) is 0 Å². The van der Waals surface area contributed by atoms with E-state index in [1.807, 2.05) is 21.1 Å². The molecule has 0 aliphatic carbocycles. The number of likely N-dealkylation sites (N-methyl/N-ethyl adjacent to an activating group) is 1. The summed E-state index contributed by atoms with van der Waals surface area (Å²) in [7, 11) is 7.31. The minimum atomic E-state index is -0.181. The number of nitrogens with zero attached hydrogens (tertiary/aromatic N) is 1. The summed E-state index contributed by atoms with van der Waals surface area (Å²) in [6, 6.07) is 8.47. The highest BCUT2D eigenvalue weighted by Crippen LogP contribution is 2.14. The molecule has 0 aromatic heterocycles. The van der Waals surface area contributed by atoms with Crippen molar-refractivity contribution in [3.8, 4) is 0 Å². The number of rotatable bonds is 6. The third-order valence-corrected chi connectivity index (χ3v) is 2.98. The van der Waals surface area contributed by atoms with Gasteiger partial charge in [0, 0.05) is 25.8 Å². The molecule has 1 rings (SSSR count). The molecule has 0 fully saturated rings. The molecule has 0 aliphatic heterocycles. The minimum Gasteiger partial charge on any atom is -0.469 e. The Morgan fingerprint density at radius 3 is 2.39 bits per heavy atom. The van der Waals surface area contributed by atoms with Gasteiger partial charge in [0.05, 0.1) is 13.5 Å². The third kappa shape index (κ3) is 4.37. The number of hydrogen-bond donors (Lipinski definition) is 1. The van der Waals surface area contributed by atoms with Crippen molar-refractivity contribution in [2.45, 2.75) is 18.9 Å². The Hall–Kier alpha value is -1.55. The molecule has 0 aliphatic rings. The van der Waals surface area contributed by atoms with Gasteiger partial charge in [-0.15, -0.1) is 0 Å². The second-order valence-electron chi connectivity index (χ2n) is 4.53. The molecule has 1 unspecified atom stereocenters. The van der Waals surface area contributed by atoms with Gasteiger partial charge >= 0.3 is 5.97 Å². The fourth-order valence-corrected chi connectivity index (χ4v) is 1.78. The predicted octanol–water partition coefficient (Wildman–Crippen LogP) is 1.45. The fraction of sp³-hybridized carbons (Fsp3) is 0.500. The zero-order valence-corrected chi connectivity index (χ0v) is 11.6. The molecule has 1 aromatic carbocycles. The maximum atomic E-state index is 11.2. The van der Waals surface area contributed by atoms with Gasteiger partial charge in [-0.1, -0.05) is 12.1 Å². The molecular weight excluding hydrogens is 228 g/mol. The largest absolute Gasteiger partial charge is 0.469 e. The molecule has 100 valence electrons. The first kappa shape index (κ1) is 14.5. The molecule has 4 heteroatoms. The number of carbonyl (C=O) groups is 1. The standard InChI is InChI=1S/C14H22N2O2/c1-15-12(10-14(17)18-4)9-11-5-7-13(8-6-11)16(2)3/h5-8,12,15H,9-10H2,1-4H3.